The van der Waals surface area contributed by atoms with Gasteiger partial charge in [-0.05, 0) is 111 Å². The largest absolute Gasteiger partial charge is 0.493 e. The van der Waals surface area contributed by atoms with Gasteiger partial charge < -0.3 is 19.3 Å². The lowest BCUT2D eigenvalue weighted by Gasteiger charge is -2.52. The fourth-order valence-electron chi connectivity index (χ4n) is 9.86. The number of piperidine rings is 1. The van der Waals surface area contributed by atoms with E-state index in [4.69, 9.17) is 9.47 Å². The van der Waals surface area contributed by atoms with E-state index in [1.54, 1.807) is 12.0 Å². The van der Waals surface area contributed by atoms with E-state index in [1.165, 1.54) is 0 Å². The molecular weight excluding hydrogens is 695 g/mol. The molecule has 2 saturated carbocycles. The molecule has 2 aliphatic heterocycles. The first-order valence-electron chi connectivity index (χ1n) is 18.4. The first-order valence-corrected chi connectivity index (χ1v) is 19.9. The first-order chi connectivity index (χ1) is 24.1. The number of nitrogens with zero attached hydrogens (tertiary/aromatic N) is 2. The number of amides is 2. The number of halogens is 5. The van der Waals surface area contributed by atoms with E-state index >= 15 is 0 Å². The summed E-state index contributed by atoms with van der Waals surface area (Å²) in [5.41, 5.74) is 1.75. The summed E-state index contributed by atoms with van der Waals surface area (Å²) in [7, 11) is 0.00518. The quantitative estimate of drug-likeness (QED) is 0.219. The monoisotopic (exact) mass is 744 g/mol. The third-order valence-electron chi connectivity index (χ3n) is 12.6. The Morgan fingerprint density at radius 2 is 1.71 bits per heavy atom. The fraction of sp³-hybridized carbons (Fsp3) is 0.757. The first kappa shape index (κ1) is 38.0. The summed E-state index contributed by atoms with van der Waals surface area (Å²) in [4.78, 5) is 42.3. The van der Waals surface area contributed by atoms with E-state index < -0.39 is 47.2 Å². The standard InChI is InChI=1S/C37H49F5N2O6S/c1-35-14-10-26-27-22-29(49-2)30(50-34(47)43-16-11-25(12-17-43)44-15-3-7-32(44)46)21-24(27)20-23(33(26)28(35)8-9-31(35)45)6-4-18-51(48)19-5-13-36(38,39)37(40,41)42/h21-23,25-26,28,33H,3-20H2,1-2H3/t23-,26-,28+,33-,35+,51?/m1/s1. The molecule has 1 aromatic carbocycles. The van der Waals surface area contributed by atoms with E-state index in [2.05, 4.69) is 6.92 Å². The number of carbonyl (C=O) groups excluding carboxylic acids is 3. The summed E-state index contributed by atoms with van der Waals surface area (Å²) in [5, 5.41) is 0. The number of hydrogen-bond donors (Lipinski definition) is 0. The zero-order valence-corrected chi connectivity index (χ0v) is 30.2. The zero-order chi connectivity index (χ0) is 36.7. The average Bonchev–Trinajstić information content (AvgIpc) is 3.65. The number of carbonyl (C=O) groups is 3. The van der Waals surface area contributed by atoms with E-state index in [0.29, 0.717) is 75.3 Å². The van der Waals surface area contributed by atoms with Gasteiger partial charge in [-0.25, -0.2) is 4.79 Å². The highest BCUT2D eigenvalue weighted by Crippen LogP contribution is 2.62. The Morgan fingerprint density at radius 3 is 2.37 bits per heavy atom. The summed E-state index contributed by atoms with van der Waals surface area (Å²) in [6.45, 7) is 3.81. The second-order valence-electron chi connectivity index (χ2n) is 15.4. The van der Waals surface area contributed by atoms with Crippen LogP contribution in [0.25, 0.3) is 0 Å². The molecule has 8 nitrogen and oxygen atoms in total. The second-order valence-corrected chi connectivity index (χ2v) is 17.1. The lowest BCUT2D eigenvalue weighted by molar-refractivity contribution is -0.284. The SMILES string of the molecule is COc1cc2c(cc1OC(=O)N1CCC(N3CCCC3=O)CC1)C[C@@H](CCCS(=O)CCCC(F)(F)C(F)(F)F)[C@@H]1[C@@H]2CC[C@]2(C)C(=O)CC[C@@H]12. The minimum absolute atomic E-state index is 0.119. The summed E-state index contributed by atoms with van der Waals surface area (Å²) in [5.74, 6) is -2.93. The predicted octanol–water partition coefficient (Wildman–Crippen LogP) is 7.44. The van der Waals surface area contributed by atoms with Gasteiger partial charge in [0.15, 0.2) is 11.5 Å². The highest BCUT2D eigenvalue weighted by molar-refractivity contribution is 7.84. The Kier molecular flexibility index (Phi) is 11.1. The summed E-state index contributed by atoms with van der Waals surface area (Å²) in [6, 6.07) is 4.00. The number of likely N-dealkylation sites (tertiary alicyclic amines) is 2. The van der Waals surface area contributed by atoms with Crippen molar-refractivity contribution in [3.05, 3.63) is 23.3 Å². The van der Waals surface area contributed by atoms with Crippen LogP contribution in [-0.4, -0.2) is 88.2 Å². The van der Waals surface area contributed by atoms with E-state index in [9.17, 15) is 40.5 Å². The van der Waals surface area contributed by atoms with Crippen LogP contribution in [0.2, 0.25) is 0 Å². The Hall–Kier alpha value is -2.77. The van der Waals surface area contributed by atoms with E-state index in [0.717, 1.165) is 43.4 Å². The normalized spacial score (nSPS) is 29.1. The predicted molar refractivity (Wildman–Crippen MR) is 180 cm³/mol. The average molecular weight is 745 g/mol. The Morgan fingerprint density at radius 1 is 0.980 bits per heavy atom. The Labute approximate surface area is 298 Å². The highest BCUT2D eigenvalue weighted by Gasteiger charge is 2.58. The van der Waals surface area contributed by atoms with Crippen molar-refractivity contribution in [3.8, 4) is 11.5 Å². The molecule has 0 N–H and O–H groups in total. The number of methoxy groups -OCH3 is 1. The van der Waals surface area contributed by atoms with Crippen molar-refractivity contribution in [1.82, 2.24) is 9.80 Å². The van der Waals surface area contributed by atoms with Gasteiger partial charge in [-0.2, -0.15) is 22.0 Å². The van der Waals surface area contributed by atoms with Crippen LogP contribution < -0.4 is 9.47 Å². The maximum Gasteiger partial charge on any atom is 0.453 e. The number of rotatable bonds is 11. The van der Waals surface area contributed by atoms with Crippen LogP contribution in [0.1, 0.15) is 101 Å². The van der Waals surface area contributed by atoms with Gasteiger partial charge in [-0.3, -0.25) is 13.8 Å². The molecule has 5 aliphatic rings. The van der Waals surface area contributed by atoms with Crippen molar-refractivity contribution in [2.75, 3.05) is 38.2 Å². The molecule has 2 amide bonds. The van der Waals surface area contributed by atoms with Crippen LogP contribution in [0.5, 0.6) is 11.5 Å². The van der Waals surface area contributed by atoms with Crippen molar-refractivity contribution in [2.45, 2.75) is 114 Å². The van der Waals surface area contributed by atoms with Gasteiger partial charge >= 0.3 is 18.2 Å². The van der Waals surface area contributed by atoms with Crippen LogP contribution in [-0.2, 0) is 26.8 Å². The van der Waals surface area contributed by atoms with Crippen LogP contribution in [0.3, 0.4) is 0 Å². The molecular formula is C37H49F5N2O6S. The number of ketones is 1. The van der Waals surface area contributed by atoms with Crippen LogP contribution in [0, 0.1) is 23.2 Å². The van der Waals surface area contributed by atoms with Gasteiger partial charge in [0, 0.05) is 72.7 Å². The molecule has 0 radical (unpaired) electrons. The molecule has 14 heteroatoms. The van der Waals surface area contributed by atoms with Crippen molar-refractivity contribution in [2.24, 2.45) is 23.2 Å². The lowest BCUT2D eigenvalue weighted by Crippen LogP contribution is -2.47. The number of benzene rings is 1. The molecule has 0 bridgehead atoms. The molecule has 0 spiro atoms. The number of ether oxygens (including phenoxy) is 2. The number of fused-ring (bicyclic) bond motifs is 5. The number of hydrogen-bond acceptors (Lipinski definition) is 6. The minimum Gasteiger partial charge on any atom is -0.493 e. The number of alkyl halides is 5. The maximum atomic E-state index is 13.4. The summed E-state index contributed by atoms with van der Waals surface area (Å²) < 4.78 is 88.7. The molecule has 2 heterocycles. The van der Waals surface area contributed by atoms with Gasteiger partial charge in [0.2, 0.25) is 5.91 Å². The van der Waals surface area contributed by atoms with Crippen molar-refractivity contribution in [1.29, 1.82) is 0 Å². The molecule has 1 unspecified atom stereocenters. The third kappa shape index (κ3) is 7.67. The lowest BCUT2D eigenvalue weighted by atomic mass is 9.52. The zero-order valence-electron chi connectivity index (χ0n) is 29.4. The Balaban J connectivity index is 1.14. The maximum absolute atomic E-state index is 13.4. The van der Waals surface area contributed by atoms with E-state index in [1.807, 2.05) is 17.0 Å². The van der Waals surface area contributed by atoms with Crippen molar-refractivity contribution < 1.29 is 50.0 Å². The Bertz CT molecular complexity index is 1510. The molecule has 4 fully saturated rings. The molecule has 0 aromatic heterocycles. The second kappa shape index (κ2) is 14.9. The minimum atomic E-state index is -5.62. The highest BCUT2D eigenvalue weighted by atomic mass is 32.2. The van der Waals surface area contributed by atoms with Crippen LogP contribution >= 0.6 is 0 Å². The van der Waals surface area contributed by atoms with Gasteiger partial charge in [-0.15, -0.1) is 0 Å². The van der Waals surface area contributed by atoms with Gasteiger partial charge in [0.1, 0.15) is 5.78 Å². The molecule has 3 aliphatic carbocycles. The molecule has 1 aromatic rings. The van der Waals surface area contributed by atoms with Crippen molar-refractivity contribution in [3.63, 3.8) is 0 Å². The van der Waals surface area contributed by atoms with Gasteiger partial charge in [0.05, 0.1) is 7.11 Å². The van der Waals surface area contributed by atoms with Crippen LogP contribution in [0.4, 0.5) is 26.7 Å². The molecule has 284 valence electrons. The molecule has 2 saturated heterocycles. The number of Topliss-reactive ketones (excluding diaryl/α,β-unsaturated/α-hetero) is 1. The van der Waals surface area contributed by atoms with Crippen molar-refractivity contribution >= 4 is 28.6 Å². The molecule has 6 rings (SSSR count). The smallest absolute Gasteiger partial charge is 0.453 e. The van der Waals surface area contributed by atoms with Crippen LogP contribution in [0.15, 0.2) is 12.1 Å². The molecule has 51 heavy (non-hydrogen) atoms. The van der Waals surface area contributed by atoms with Gasteiger partial charge in [-0.1, -0.05) is 6.92 Å². The third-order valence-corrected chi connectivity index (χ3v) is 14.1. The van der Waals surface area contributed by atoms with E-state index in [-0.39, 0.29) is 47.1 Å². The topological polar surface area (TPSA) is 93.2 Å². The summed E-state index contributed by atoms with van der Waals surface area (Å²) in [6.07, 6.45) is -0.360. The molecule has 6 atom stereocenters. The summed E-state index contributed by atoms with van der Waals surface area (Å²) >= 11 is 0. The fourth-order valence-corrected chi connectivity index (χ4v) is 11.0. The van der Waals surface area contributed by atoms with Gasteiger partial charge in [0.25, 0.3) is 0 Å².